The van der Waals surface area contributed by atoms with Crippen molar-refractivity contribution < 1.29 is 9.53 Å². The van der Waals surface area contributed by atoms with Gasteiger partial charge in [-0.2, -0.15) is 5.10 Å². The molecule has 1 aliphatic heterocycles. The number of ether oxygens (including phenoxy) is 1. The number of unbranched alkanes of at least 4 members (excludes halogenated alkanes) is 1. The lowest BCUT2D eigenvalue weighted by Crippen LogP contribution is -2.28. The van der Waals surface area contributed by atoms with Gasteiger partial charge in [-0.1, -0.05) is 54.6 Å². The number of hydrogen-bond acceptors (Lipinski definition) is 4. The first-order valence-corrected chi connectivity index (χ1v) is 9.31. The molecule has 0 bridgehead atoms. The molecule has 0 saturated carbocycles. The van der Waals surface area contributed by atoms with Crippen LogP contribution in [0.2, 0.25) is 0 Å². The van der Waals surface area contributed by atoms with E-state index in [0.717, 1.165) is 37.7 Å². The minimum atomic E-state index is -0.0627. The maximum absolute atomic E-state index is 12.0. The SMILES string of the molecule is NN=Cc1ccc(CCCC[C@@H]2C[C@H](c3ccccc3)CC(=O)O2)cc1. The van der Waals surface area contributed by atoms with Crippen LogP contribution >= 0.6 is 0 Å². The van der Waals surface area contributed by atoms with Gasteiger partial charge in [-0.15, -0.1) is 0 Å². The molecule has 26 heavy (non-hydrogen) atoms. The molecular weight excluding hydrogens is 324 g/mol. The summed E-state index contributed by atoms with van der Waals surface area (Å²) >= 11 is 0. The molecule has 0 unspecified atom stereocenters. The maximum atomic E-state index is 12.0. The molecule has 1 fully saturated rings. The predicted octanol–water partition coefficient (Wildman–Crippen LogP) is 4.18. The Bertz CT molecular complexity index is 726. The van der Waals surface area contributed by atoms with Crippen molar-refractivity contribution in [1.29, 1.82) is 0 Å². The molecule has 4 heteroatoms. The third-order valence-electron chi connectivity index (χ3n) is 4.97. The zero-order valence-electron chi connectivity index (χ0n) is 15.0. The third-order valence-corrected chi connectivity index (χ3v) is 4.97. The summed E-state index contributed by atoms with van der Waals surface area (Å²) in [7, 11) is 0. The third kappa shape index (κ3) is 5.19. The molecule has 2 atom stereocenters. The van der Waals surface area contributed by atoms with Crippen LogP contribution in [0.5, 0.6) is 0 Å². The van der Waals surface area contributed by atoms with Crippen LogP contribution < -0.4 is 5.84 Å². The number of carbonyl (C=O) groups is 1. The second-order valence-electron chi connectivity index (χ2n) is 6.92. The molecule has 136 valence electrons. The Morgan fingerprint density at radius 2 is 1.85 bits per heavy atom. The predicted molar refractivity (Wildman–Crippen MR) is 104 cm³/mol. The Kier molecular flexibility index (Phi) is 6.42. The lowest BCUT2D eigenvalue weighted by Gasteiger charge is -2.29. The highest BCUT2D eigenvalue weighted by Gasteiger charge is 2.29. The molecule has 2 aromatic carbocycles. The quantitative estimate of drug-likeness (QED) is 0.268. The number of carbonyl (C=O) groups excluding carboxylic acids is 1. The summed E-state index contributed by atoms with van der Waals surface area (Å²) < 4.78 is 5.57. The lowest BCUT2D eigenvalue weighted by atomic mass is 9.87. The molecule has 1 saturated heterocycles. The molecule has 4 nitrogen and oxygen atoms in total. The van der Waals surface area contributed by atoms with Crippen LogP contribution in [0.15, 0.2) is 59.7 Å². The van der Waals surface area contributed by atoms with E-state index in [0.29, 0.717) is 12.3 Å². The summed E-state index contributed by atoms with van der Waals surface area (Å²) in [6.07, 6.45) is 7.24. The zero-order valence-corrected chi connectivity index (χ0v) is 15.0. The smallest absolute Gasteiger partial charge is 0.306 e. The van der Waals surface area contributed by atoms with Crippen LogP contribution in [-0.4, -0.2) is 18.3 Å². The monoisotopic (exact) mass is 350 g/mol. The summed E-state index contributed by atoms with van der Waals surface area (Å²) in [6, 6.07) is 18.6. The maximum Gasteiger partial charge on any atom is 0.306 e. The molecule has 1 heterocycles. The highest BCUT2D eigenvalue weighted by molar-refractivity contribution is 5.79. The Labute approximate surface area is 155 Å². The number of benzene rings is 2. The summed E-state index contributed by atoms with van der Waals surface area (Å²) in [6.45, 7) is 0. The van der Waals surface area contributed by atoms with Crippen molar-refractivity contribution in [2.24, 2.45) is 10.9 Å². The molecule has 3 rings (SSSR count). The normalized spacial score (nSPS) is 20.2. The Balaban J connectivity index is 1.44. The van der Waals surface area contributed by atoms with Gasteiger partial charge in [0, 0.05) is 0 Å². The fourth-order valence-corrected chi connectivity index (χ4v) is 3.60. The van der Waals surface area contributed by atoms with Gasteiger partial charge in [0.2, 0.25) is 0 Å². The van der Waals surface area contributed by atoms with Crippen LogP contribution in [0, 0.1) is 0 Å². The van der Waals surface area contributed by atoms with Crippen molar-refractivity contribution in [3.8, 4) is 0 Å². The van der Waals surface area contributed by atoms with Gasteiger partial charge < -0.3 is 10.6 Å². The lowest BCUT2D eigenvalue weighted by molar-refractivity contribution is -0.155. The van der Waals surface area contributed by atoms with Crippen LogP contribution in [0.25, 0.3) is 0 Å². The second-order valence-corrected chi connectivity index (χ2v) is 6.92. The highest BCUT2D eigenvalue weighted by Crippen LogP contribution is 2.32. The molecule has 0 aromatic heterocycles. The number of rotatable bonds is 7. The topological polar surface area (TPSA) is 64.7 Å². The van der Waals surface area contributed by atoms with Crippen LogP contribution in [0.4, 0.5) is 0 Å². The largest absolute Gasteiger partial charge is 0.462 e. The van der Waals surface area contributed by atoms with E-state index in [4.69, 9.17) is 10.6 Å². The van der Waals surface area contributed by atoms with Gasteiger partial charge in [-0.25, -0.2) is 0 Å². The summed E-state index contributed by atoms with van der Waals surface area (Å²) in [5, 5.41) is 3.53. The van der Waals surface area contributed by atoms with Crippen LogP contribution in [0.3, 0.4) is 0 Å². The van der Waals surface area contributed by atoms with Crippen LogP contribution in [-0.2, 0) is 16.0 Å². The molecule has 0 radical (unpaired) electrons. The van der Waals surface area contributed by atoms with Gasteiger partial charge in [-0.3, -0.25) is 4.79 Å². The number of aryl methyl sites for hydroxylation is 1. The van der Waals surface area contributed by atoms with E-state index in [9.17, 15) is 4.79 Å². The first-order chi connectivity index (χ1) is 12.7. The van der Waals surface area contributed by atoms with E-state index in [-0.39, 0.29) is 12.1 Å². The molecule has 2 aromatic rings. The average molecular weight is 350 g/mol. The fourth-order valence-electron chi connectivity index (χ4n) is 3.60. The number of nitrogens with zero attached hydrogens (tertiary/aromatic N) is 1. The van der Waals surface area contributed by atoms with Gasteiger partial charge >= 0.3 is 5.97 Å². The molecule has 1 aliphatic rings. The van der Waals surface area contributed by atoms with Crippen LogP contribution in [0.1, 0.15) is 54.7 Å². The first-order valence-electron chi connectivity index (χ1n) is 9.31. The van der Waals surface area contributed by atoms with Crippen molar-refractivity contribution in [2.45, 2.75) is 50.5 Å². The van der Waals surface area contributed by atoms with Gasteiger partial charge in [0.15, 0.2) is 0 Å². The standard InChI is InChI=1S/C22H26N2O2/c23-24-16-18-12-10-17(11-13-18)6-4-5-9-21-14-20(15-22(25)26-21)19-7-2-1-3-8-19/h1-3,7-8,10-13,16,20-21H,4-6,9,14-15,23H2/t20-,21+/m0/s1. The number of cyclic esters (lactones) is 1. The second kappa shape index (κ2) is 9.18. The Hall–Kier alpha value is -2.62. The zero-order chi connectivity index (χ0) is 18.2. The van der Waals surface area contributed by atoms with E-state index in [1.807, 2.05) is 30.3 Å². The summed E-state index contributed by atoms with van der Waals surface area (Å²) in [5.41, 5.74) is 3.56. The van der Waals surface area contributed by atoms with Gasteiger partial charge in [0.05, 0.1) is 12.6 Å². The van der Waals surface area contributed by atoms with Crippen molar-refractivity contribution in [2.75, 3.05) is 0 Å². The number of esters is 1. The highest BCUT2D eigenvalue weighted by atomic mass is 16.5. The van der Waals surface area contributed by atoms with Crippen molar-refractivity contribution in [1.82, 2.24) is 0 Å². The molecule has 0 amide bonds. The number of hydrogen-bond donors (Lipinski definition) is 1. The van der Waals surface area contributed by atoms with E-state index < -0.39 is 0 Å². The van der Waals surface area contributed by atoms with E-state index in [1.165, 1.54) is 11.1 Å². The summed E-state index contributed by atoms with van der Waals surface area (Å²) in [5.74, 6) is 5.39. The molecule has 0 spiro atoms. The molecule has 0 aliphatic carbocycles. The summed E-state index contributed by atoms with van der Waals surface area (Å²) in [4.78, 5) is 12.0. The fraction of sp³-hybridized carbons (Fsp3) is 0.364. The van der Waals surface area contributed by atoms with Gasteiger partial charge in [0.1, 0.15) is 6.10 Å². The van der Waals surface area contributed by atoms with E-state index in [2.05, 4.69) is 29.4 Å². The van der Waals surface area contributed by atoms with E-state index >= 15 is 0 Å². The first kappa shape index (κ1) is 18.2. The minimum absolute atomic E-state index is 0.0459. The number of nitrogens with two attached hydrogens (primary N) is 1. The van der Waals surface area contributed by atoms with Crippen molar-refractivity contribution in [3.05, 3.63) is 71.3 Å². The van der Waals surface area contributed by atoms with Crippen molar-refractivity contribution >= 4 is 12.2 Å². The average Bonchev–Trinajstić information content (AvgIpc) is 2.67. The molecular formula is C22H26N2O2. The van der Waals surface area contributed by atoms with Gasteiger partial charge in [0.25, 0.3) is 0 Å². The van der Waals surface area contributed by atoms with E-state index in [1.54, 1.807) is 6.21 Å². The molecule has 2 N–H and O–H groups in total. The van der Waals surface area contributed by atoms with Crippen molar-refractivity contribution in [3.63, 3.8) is 0 Å². The Morgan fingerprint density at radius 3 is 2.58 bits per heavy atom. The van der Waals surface area contributed by atoms with Gasteiger partial charge in [-0.05, 0) is 54.7 Å². The minimum Gasteiger partial charge on any atom is -0.462 e. The Morgan fingerprint density at radius 1 is 1.08 bits per heavy atom. The number of hydrazone groups is 1.